The molecule has 14 heavy (non-hydrogen) atoms. The number of aromatic nitrogens is 3. The first-order valence-corrected chi connectivity index (χ1v) is 5.09. The normalized spacial score (nSPS) is 11.1. The second-order valence-electron chi connectivity index (χ2n) is 3.50. The fourth-order valence-corrected chi connectivity index (χ4v) is 1.71. The Kier molecular flexibility index (Phi) is 2.23. The van der Waals surface area contributed by atoms with Crippen LogP contribution in [0.5, 0.6) is 0 Å². The summed E-state index contributed by atoms with van der Waals surface area (Å²) in [6.07, 6.45) is 3.90. The lowest BCUT2D eigenvalue weighted by Crippen LogP contribution is -2.01. The molecule has 0 aliphatic rings. The summed E-state index contributed by atoms with van der Waals surface area (Å²) < 4.78 is 1.95. The average molecular weight is 189 g/mol. The molecule has 2 rings (SSSR count). The van der Waals surface area contributed by atoms with Gasteiger partial charge >= 0.3 is 0 Å². The minimum Gasteiger partial charge on any atom is -0.234 e. The summed E-state index contributed by atoms with van der Waals surface area (Å²) >= 11 is 0. The molecular formula is C11H15N3. The molecule has 0 radical (unpaired) electrons. The van der Waals surface area contributed by atoms with E-state index in [1.54, 1.807) is 0 Å². The van der Waals surface area contributed by atoms with Gasteiger partial charge in [0.1, 0.15) is 0 Å². The van der Waals surface area contributed by atoms with Gasteiger partial charge in [0.25, 0.3) is 0 Å². The molecule has 74 valence electrons. The zero-order valence-electron chi connectivity index (χ0n) is 8.91. The highest BCUT2D eigenvalue weighted by atomic mass is 15.3. The van der Waals surface area contributed by atoms with Crippen LogP contribution >= 0.6 is 0 Å². The van der Waals surface area contributed by atoms with E-state index in [9.17, 15) is 0 Å². The summed E-state index contributed by atoms with van der Waals surface area (Å²) in [5.41, 5.74) is 4.55. The zero-order valence-corrected chi connectivity index (χ0v) is 8.91. The van der Waals surface area contributed by atoms with Crippen LogP contribution in [0.25, 0.3) is 5.65 Å². The molecule has 0 saturated carbocycles. The quantitative estimate of drug-likeness (QED) is 0.724. The fraction of sp³-hybridized carbons (Fsp3) is 0.455. The predicted octanol–water partition coefficient (Wildman–Crippen LogP) is 2.16. The van der Waals surface area contributed by atoms with Crippen molar-refractivity contribution < 1.29 is 0 Å². The molecule has 0 unspecified atom stereocenters. The van der Waals surface area contributed by atoms with Crippen LogP contribution in [0.3, 0.4) is 0 Å². The molecule has 0 saturated heterocycles. The van der Waals surface area contributed by atoms with Crippen LogP contribution in [-0.2, 0) is 12.8 Å². The van der Waals surface area contributed by atoms with E-state index < -0.39 is 0 Å². The van der Waals surface area contributed by atoms with Gasteiger partial charge in [-0.3, -0.25) is 0 Å². The molecular weight excluding hydrogens is 174 g/mol. The van der Waals surface area contributed by atoms with Gasteiger partial charge in [-0.15, -0.1) is 0 Å². The minimum atomic E-state index is 0.989. The number of hydrogen-bond donors (Lipinski definition) is 0. The molecule has 0 amide bonds. The highest BCUT2D eigenvalue weighted by Crippen LogP contribution is 2.12. The molecule has 2 heterocycles. The van der Waals surface area contributed by atoms with Crippen LogP contribution in [0.1, 0.15) is 30.8 Å². The van der Waals surface area contributed by atoms with E-state index in [0.29, 0.717) is 0 Å². The van der Waals surface area contributed by atoms with Crippen LogP contribution in [0.15, 0.2) is 12.3 Å². The van der Waals surface area contributed by atoms with E-state index in [0.717, 1.165) is 24.2 Å². The monoisotopic (exact) mass is 189 g/mol. The Hall–Kier alpha value is -1.38. The summed E-state index contributed by atoms with van der Waals surface area (Å²) in [7, 11) is 0. The van der Waals surface area contributed by atoms with Gasteiger partial charge in [-0.2, -0.15) is 5.10 Å². The number of rotatable bonds is 2. The first kappa shape index (κ1) is 9.19. The standard InChI is InChI=1S/C11H15N3/c1-4-9-7-12-14-10(5-2)6-8(3)13-11(9)14/h6-7H,4-5H2,1-3H3. The summed E-state index contributed by atoms with van der Waals surface area (Å²) in [5, 5.41) is 4.36. The Balaban J connectivity index is 2.76. The van der Waals surface area contributed by atoms with E-state index in [1.165, 1.54) is 11.3 Å². The SMILES string of the molecule is CCc1cnn2c(CC)cc(C)nc12. The van der Waals surface area contributed by atoms with Crippen LogP contribution in [0.4, 0.5) is 0 Å². The third kappa shape index (κ3) is 1.29. The Morgan fingerprint density at radius 3 is 2.71 bits per heavy atom. The first-order chi connectivity index (χ1) is 6.76. The summed E-state index contributed by atoms with van der Waals surface area (Å²) in [5.74, 6) is 0. The lowest BCUT2D eigenvalue weighted by Gasteiger charge is -2.03. The van der Waals surface area contributed by atoms with Gasteiger partial charge in [-0.05, 0) is 25.8 Å². The van der Waals surface area contributed by atoms with Gasteiger partial charge < -0.3 is 0 Å². The molecule has 0 aliphatic heterocycles. The smallest absolute Gasteiger partial charge is 0.158 e. The topological polar surface area (TPSA) is 30.2 Å². The molecule has 0 aromatic carbocycles. The van der Waals surface area contributed by atoms with E-state index in [4.69, 9.17) is 0 Å². The molecule has 0 atom stereocenters. The second-order valence-corrected chi connectivity index (χ2v) is 3.50. The van der Waals surface area contributed by atoms with Gasteiger partial charge in [0.15, 0.2) is 5.65 Å². The summed E-state index contributed by atoms with van der Waals surface area (Å²) in [6, 6.07) is 2.10. The number of fused-ring (bicyclic) bond motifs is 1. The van der Waals surface area contributed by atoms with Crippen molar-refractivity contribution in [1.82, 2.24) is 14.6 Å². The Morgan fingerprint density at radius 1 is 1.29 bits per heavy atom. The van der Waals surface area contributed by atoms with Crippen LogP contribution in [0, 0.1) is 6.92 Å². The molecule has 0 fully saturated rings. The highest BCUT2D eigenvalue weighted by Gasteiger charge is 2.07. The van der Waals surface area contributed by atoms with Crippen molar-refractivity contribution >= 4 is 5.65 Å². The number of hydrogen-bond acceptors (Lipinski definition) is 2. The van der Waals surface area contributed by atoms with E-state index >= 15 is 0 Å². The molecule has 0 N–H and O–H groups in total. The zero-order chi connectivity index (χ0) is 10.1. The second kappa shape index (κ2) is 3.40. The molecule has 2 aromatic heterocycles. The molecule has 2 aromatic rings. The Bertz CT molecular complexity index is 457. The Labute approximate surface area is 83.8 Å². The maximum absolute atomic E-state index is 4.52. The van der Waals surface area contributed by atoms with E-state index in [-0.39, 0.29) is 0 Å². The largest absolute Gasteiger partial charge is 0.234 e. The predicted molar refractivity (Wildman–Crippen MR) is 56.5 cm³/mol. The lowest BCUT2D eigenvalue weighted by molar-refractivity contribution is 0.842. The van der Waals surface area contributed by atoms with Crippen molar-refractivity contribution in [3.63, 3.8) is 0 Å². The maximum atomic E-state index is 4.52. The van der Waals surface area contributed by atoms with Crippen molar-refractivity contribution in [2.45, 2.75) is 33.6 Å². The summed E-state index contributed by atoms with van der Waals surface area (Å²) in [4.78, 5) is 4.52. The first-order valence-electron chi connectivity index (χ1n) is 5.09. The third-order valence-electron chi connectivity index (χ3n) is 2.49. The van der Waals surface area contributed by atoms with Gasteiger partial charge in [-0.1, -0.05) is 13.8 Å². The van der Waals surface area contributed by atoms with E-state index in [2.05, 4.69) is 30.0 Å². The Morgan fingerprint density at radius 2 is 2.07 bits per heavy atom. The van der Waals surface area contributed by atoms with Gasteiger partial charge in [0.05, 0.1) is 6.20 Å². The molecule has 3 heteroatoms. The molecule has 3 nitrogen and oxygen atoms in total. The van der Waals surface area contributed by atoms with Gasteiger partial charge in [-0.25, -0.2) is 9.50 Å². The van der Waals surface area contributed by atoms with Crippen molar-refractivity contribution in [2.75, 3.05) is 0 Å². The van der Waals surface area contributed by atoms with Gasteiger partial charge in [0, 0.05) is 17.0 Å². The van der Waals surface area contributed by atoms with Crippen molar-refractivity contribution in [1.29, 1.82) is 0 Å². The highest BCUT2D eigenvalue weighted by molar-refractivity contribution is 5.47. The van der Waals surface area contributed by atoms with Crippen LogP contribution in [0.2, 0.25) is 0 Å². The number of nitrogens with zero attached hydrogens (tertiary/aromatic N) is 3. The van der Waals surface area contributed by atoms with Crippen LogP contribution in [-0.4, -0.2) is 14.6 Å². The van der Waals surface area contributed by atoms with Crippen molar-refractivity contribution in [3.8, 4) is 0 Å². The molecule has 0 spiro atoms. The maximum Gasteiger partial charge on any atom is 0.158 e. The molecule has 0 bridgehead atoms. The van der Waals surface area contributed by atoms with Crippen LogP contribution < -0.4 is 0 Å². The number of aryl methyl sites for hydroxylation is 3. The summed E-state index contributed by atoms with van der Waals surface area (Å²) in [6.45, 7) is 6.31. The fourth-order valence-electron chi connectivity index (χ4n) is 1.71. The lowest BCUT2D eigenvalue weighted by atomic mass is 10.2. The average Bonchev–Trinajstić information content (AvgIpc) is 2.59. The molecule has 0 aliphatic carbocycles. The van der Waals surface area contributed by atoms with Crippen molar-refractivity contribution in [3.05, 3.63) is 29.2 Å². The van der Waals surface area contributed by atoms with Crippen molar-refractivity contribution in [2.24, 2.45) is 0 Å². The van der Waals surface area contributed by atoms with Gasteiger partial charge in [0.2, 0.25) is 0 Å². The third-order valence-corrected chi connectivity index (χ3v) is 2.49. The van der Waals surface area contributed by atoms with E-state index in [1.807, 2.05) is 17.6 Å². The minimum absolute atomic E-state index is 0.989.